The molecule has 2 heterocycles. The molecule has 90 valence electrons. The highest BCUT2D eigenvalue weighted by molar-refractivity contribution is 5.86. The molecule has 1 saturated heterocycles. The molecular formula is C11H13N3O3. The predicted octanol–water partition coefficient (Wildman–Crippen LogP) is 0.470. The first kappa shape index (κ1) is 11.4. The number of hydrogen-bond donors (Lipinski definition) is 3. The lowest BCUT2D eigenvalue weighted by atomic mass is 10.1. The van der Waals surface area contributed by atoms with Crippen molar-refractivity contribution in [1.82, 2.24) is 10.3 Å². The Kier molecular flexibility index (Phi) is 3.22. The largest absolute Gasteiger partial charge is 0.477 e. The second-order valence-corrected chi connectivity index (χ2v) is 3.92. The summed E-state index contributed by atoms with van der Waals surface area (Å²) in [4.78, 5) is 25.5. The Balaban J connectivity index is 2.01. The second-order valence-electron chi connectivity index (χ2n) is 3.92. The predicted molar refractivity (Wildman–Crippen MR) is 60.9 cm³/mol. The average molecular weight is 235 g/mol. The Bertz CT molecular complexity index is 437. The number of carbonyl (C=O) groups excluding carboxylic acids is 1. The van der Waals surface area contributed by atoms with Crippen LogP contribution in [-0.4, -0.2) is 34.6 Å². The molecule has 1 aromatic heterocycles. The zero-order valence-electron chi connectivity index (χ0n) is 9.14. The van der Waals surface area contributed by atoms with E-state index in [1.54, 1.807) is 6.07 Å². The van der Waals surface area contributed by atoms with Crippen LogP contribution in [0.15, 0.2) is 18.3 Å². The molecule has 17 heavy (non-hydrogen) atoms. The highest BCUT2D eigenvalue weighted by Gasteiger charge is 2.17. The van der Waals surface area contributed by atoms with Crippen molar-refractivity contribution in [3.05, 3.63) is 24.0 Å². The van der Waals surface area contributed by atoms with Crippen LogP contribution in [0.2, 0.25) is 0 Å². The van der Waals surface area contributed by atoms with Crippen LogP contribution in [-0.2, 0) is 4.79 Å². The molecule has 1 aliphatic rings. The van der Waals surface area contributed by atoms with Gasteiger partial charge >= 0.3 is 5.97 Å². The van der Waals surface area contributed by atoms with E-state index < -0.39 is 5.97 Å². The third kappa shape index (κ3) is 2.93. The minimum Gasteiger partial charge on any atom is -0.477 e. The summed E-state index contributed by atoms with van der Waals surface area (Å²) in [6.07, 6.45) is 2.69. The normalized spacial score (nSPS) is 19.5. The van der Waals surface area contributed by atoms with E-state index in [2.05, 4.69) is 15.6 Å². The molecule has 0 bridgehead atoms. The van der Waals surface area contributed by atoms with E-state index in [4.69, 9.17) is 5.11 Å². The second kappa shape index (κ2) is 4.82. The van der Waals surface area contributed by atoms with Gasteiger partial charge in [0.1, 0.15) is 5.69 Å². The number of carboxylic acid groups (broad SMARTS) is 1. The number of hydrogen-bond acceptors (Lipinski definition) is 4. The van der Waals surface area contributed by atoms with Gasteiger partial charge in [0.25, 0.3) is 0 Å². The molecule has 2 rings (SSSR count). The van der Waals surface area contributed by atoms with Gasteiger partial charge in [0, 0.05) is 30.9 Å². The van der Waals surface area contributed by atoms with Gasteiger partial charge in [-0.25, -0.2) is 9.78 Å². The van der Waals surface area contributed by atoms with Gasteiger partial charge in [-0.3, -0.25) is 4.79 Å². The number of carboxylic acids is 1. The summed E-state index contributed by atoms with van der Waals surface area (Å²) in [5.41, 5.74) is 0.716. The topological polar surface area (TPSA) is 91.3 Å². The molecule has 1 amide bonds. The van der Waals surface area contributed by atoms with E-state index >= 15 is 0 Å². The summed E-state index contributed by atoms with van der Waals surface area (Å²) in [7, 11) is 0. The lowest BCUT2D eigenvalue weighted by Gasteiger charge is -2.24. The number of piperidine rings is 1. The van der Waals surface area contributed by atoms with Crippen LogP contribution in [0.4, 0.5) is 5.69 Å². The van der Waals surface area contributed by atoms with Gasteiger partial charge in [-0.2, -0.15) is 0 Å². The average Bonchev–Trinajstić information content (AvgIpc) is 2.32. The molecule has 1 atom stereocenters. The molecule has 1 fully saturated rings. The number of nitrogens with zero attached hydrogens (tertiary/aromatic N) is 1. The van der Waals surface area contributed by atoms with Crippen molar-refractivity contribution in [2.45, 2.75) is 18.9 Å². The Morgan fingerprint density at radius 1 is 1.59 bits per heavy atom. The first-order valence-corrected chi connectivity index (χ1v) is 5.38. The van der Waals surface area contributed by atoms with Crippen LogP contribution >= 0.6 is 0 Å². The van der Waals surface area contributed by atoms with Crippen LogP contribution in [0.5, 0.6) is 0 Å². The van der Waals surface area contributed by atoms with Gasteiger partial charge in [-0.15, -0.1) is 0 Å². The van der Waals surface area contributed by atoms with Gasteiger partial charge in [0.2, 0.25) is 5.91 Å². The summed E-state index contributed by atoms with van der Waals surface area (Å²) >= 11 is 0. The first-order valence-electron chi connectivity index (χ1n) is 5.38. The lowest BCUT2D eigenvalue weighted by Crippen LogP contribution is -2.41. The summed E-state index contributed by atoms with van der Waals surface area (Å²) in [5.74, 6) is -0.991. The number of amides is 1. The molecule has 1 aromatic rings. The third-order valence-corrected chi connectivity index (χ3v) is 2.62. The van der Waals surface area contributed by atoms with Crippen molar-refractivity contribution < 1.29 is 14.7 Å². The van der Waals surface area contributed by atoms with Crippen molar-refractivity contribution in [2.75, 3.05) is 11.9 Å². The van der Waals surface area contributed by atoms with Crippen molar-refractivity contribution >= 4 is 17.6 Å². The van der Waals surface area contributed by atoms with Crippen LogP contribution in [0.1, 0.15) is 23.3 Å². The Hall–Kier alpha value is -2.11. The van der Waals surface area contributed by atoms with E-state index in [1.165, 1.54) is 12.3 Å². The van der Waals surface area contributed by atoms with Gasteiger partial charge in [0.05, 0.1) is 0 Å². The number of carbonyl (C=O) groups is 2. The number of rotatable bonds is 3. The number of aromatic nitrogens is 1. The molecule has 1 aliphatic heterocycles. The molecule has 1 unspecified atom stereocenters. The molecule has 0 radical (unpaired) electrons. The summed E-state index contributed by atoms with van der Waals surface area (Å²) < 4.78 is 0. The number of aromatic carboxylic acids is 1. The fourth-order valence-corrected chi connectivity index (χ4v) is 1.73. The summed E-state index contributed by atoms with van der Waals surface area (Å²) in [6, 6.07) is 3.33. The molecule has 3 N–H and O–H groups in total. The van der Waals surface area contributed by atoms with Crippen molar-refractivity contribution in [1.29, 1.82) is 0 Å². The minimum atomic E-state index is -1.05. The molecule has 6 heteroatoms. The highest BCUT2D eigenvalue weighted by Crippen LogP contribution is 2.13. The molecule has 0 aromatic carbocycles. The molecule has 0 aliphatic carbocycles. The zero-order valence-corrected chi connectivity index (χ0v) is 9.14. The van der Waals surface area contributed by atoms with Crippen molar-refractivity contribution in [2.24, 2.45) is 0 Å². The molecular weight excluding hydrogens is 222 g/mol. The molecule has 6 nitrogen and oxygen atoms in total. The maximum Gasteiger partial charge on any atom is 0.354 e. The SMILES string of the molecule is O=C1CCC(Nc2ccnc(C(=O)O)c2)CN1. The standard InChI is InChI=1S/C11H13N3O3/c15-10-2-1-8(6-13-10)14-7-3-4-12-9(5-7)11(16)17/h3-5,8H,1-2,6H2,(H,12,14)(H,13,15)(H,16,17). The van der Waals surface area contributed by atoms with Crippen LogP contribution in [0.3, 0.4) is 0 Å². The highest BCUT2D eigenvalue weighted by atomic mass is 16.4. The minimum absolute atomic E-state index is 0.00912. The number of pyridine rings is 1. The Morgan fingerprint density at radius 3 is 3.06 bits per heavy atom. The summed E-state index contributed by atoms with van der Waals surface area (Å²) in [6.45, 7) is 0.559. The Labute approximate surface area is 98.1 Å². The van der Waals surface area contributed by atoms with Crippen molar-refractivity contribution in [3.8, 4) is 0 Å². The van der Waals surface area contributed by atoms with E-state index in [9.17, 15) is 9.59 Å². The smallest absolute Gasteiger partial charge is 0.354 e. The van der Waals surface area contributed by atoms with Crippen LogP contribution < -0.4 is 10.6 Å². The number of anilines is 1. The number of nitrogens with one attached hydrogen (secondary N) is 2. The van der Waals surface area contributed by atoms with Gasteiger partial charge < -0.3 is 15.7 Å². The third-order valence-electron chi connectivity index (χ3n) is 2.62. The van der Waals surface area contributed by atoms with Gasteiger partial charge in [-0.1, -0.05) is 0 Å². The van der Waals surface area contributed by atoms with Crippen LogP contribution in [0, 0.1) is 0 Å². The Morgan fingerprint density at radius 2 is 2.41 bits per heavy atom. The van der Waals surface area contributed by atoms with Crippen LogP contribution in [0.25, 0.3) is 0 Å². The van der Waals surface area contributed by atoms with E-state index in [0.717, 1.165) is 6.42 Å². The van der Waals surface area contributed by atoms with E-state index in [-0.39, 0.29) is 17.6 Å². The van der Waals surface area contributed by atoms with Gasteiger partial charge in [-0.05, 0) is 18.6 Å². The zero-order chi connectivity index (χ0) is 12.3. The summed E-state index contributed by atoms with van der Waals surface area (Å²) in [5, 5.41) is 14.7. The molecule has 0 spiro atoms. The maximum atomic E-state index is 11.0. The van der Waals surface area contributed by atoms with Gasteiger partial charge in [0.15, 0.2) is 0 Å². The maximum absolute atomic E-state index is 11.0. The fraction of sp³-hybridized carbons (Fsp3) is 0.364. The van der Waals surface area contributed by atoms with Crippen molar-refractivity contribution in [3.63, 3.8) is 0 Å². The monoisotopic (exact) mass is 235 g/mol. The fourth-order valence-electron chi connectivity index (χ4n) is 1.73. The quantitative estimate of drug-likeness (QED) is 0.708. The van der Waals surface area contributed by atoms with E-state index in [1.807, 2.05) is 0 Å². The molecule has 0 saturated carbocycles. The first-order chi connectivity index (χ1) is 8.15. The lowest BCUT2D eigenvalue weighted by molar-refractivity contribution is -0.122. The van der Waals surface area contributed by atoms with E-state index in [0.29, 0.717) is 18.7 Å².